The van der Waals surface area contributed by atoms with Crippen molar-refractivity contribution in [1.82, 2.24) is 0 Å². The zero-order valence-corrected chi connectivity index (χ0v) is 11.6. The lowest BCUT2D eigenvalue weighted by atomic mass is 9.96. The summed E-state index contributed by atoms with van der Waals surface area (Å²) in [6.45, 7) is 8.11. The zero-order valence-electron chi connectivity index (χ0n) is 10.8. The van der Waals surface area contributed by atoms with E-state index in [0.29, 0.717) is 11.4 Å². The third-order valence-electron chi connectivity index (χ3n) is 2.35. The lowest BCUT2D eigenvalue weighted by Crippen LogP contribution is -2.02. The monoisotopic (exact) mass is 250 g/mol. The Morgan fingerprint density at radius 1 is 1.35 bits per heavy atom. The maximum absolute atomic E-state index is 10.0. The van der Waals surface area contributed by atoms with E-state index in [9.17, 15) is 5.11 Å². The lowest BCUT2D eigenvalue weighted by Gasteiger charge is -2.12. The molecule has 0 aromatic heterocycles. The minimum atomic E-state index is -0.540. The highest BCUT2D eigenvalue weighted by molar-refractivity contribution is 6.30. The van der Waals surface area contributed by atoms with Crippen molar-refractivity contribution in [3.8, 4) is 11.8 Å². The molecule has 17 heavy (non-hydrogen) atoms. The minimum Gasteiger partial charge on any atom is -0.387 e. The molecule has 0 aliphatic rings. The van der Waals surface area contributed by atoms with Gasteiger partial charge in [-0.15, -0.1) is 0 Å². The smallest absolute Gasteiger partial charge is 0.0901 e. The van der Waals surface area contributed by atoms with E-state index in [2.05, 4.69) is 32.6 Å². The summed E-state index contributed by atoms with van der Waals surface area (Å²) in [5.74, 6) is 6.15. The van der Waals surface area contributed by atoms with E-state index in [1.165, 1.54) is 0 Å². The van der Waals surface area contributed by atoms with Crippen LogP contribution in [0.25, 0.3) is 0 Å². The van der Waals surface area contributed by atoms with Gasteiger partial charge in [0, 0.05) is 16.9 Å². The molecule has 0 bridgehead atoms. The molecule has 1 N–H and O–H groups in total. The molecule has 0 saturated carbocycles. The molecule has 1 rings (SSSR count). The molecule has 0 aliphatic heterocycles. The maximum atomic E-state index is 10.0. The van der Waals surface area contributed by atoms with Crippen molar-refractivity contribution in [2.45, 2.75) is 40.2 Å². The van der Waals surface area contributed by atoms with Crippen LogP contribution in [-0.4, -0.2) is 5.11 Å². The predicted octanol–water partition coefficient (Wildman–Crippen LogP) is 4.12. The Labute approximate surface area is 109 Å². The Hall–Kier alpha value is -0.970. The number of aryl methyl sites for hydroxylation is 1. The maximum Gasteiger partial charge on any atom is 0.0901 e. The van der Waals surface area contributed by atoms with Crippen molar-refractivity contribution >= 4 is 11.6 Å². The predicted molar refractivity (Wildman–Crippen MR) is 73.0 cm³/mol. The Morgan fingerprint density at radius 2 is 2.00 bits per heavy atom. The van der Waals surface area contributed by atoms with Gasteiger partial charge in [-0.3, -0.25) is 0 Å². The first kappa shape index (κ1) is 14.1. The van der Waals surface area contributed by atoms with Crippen molar-refractivity contribution in [2.24, 2.45) is 5.41 Å². The molecule has 1 atom stereocenters. The largest absolute Gasteiger partial charge is 0.387 e. The van der Waals surface area contributed by atoms with Crippen molar-refractivity contribution < 1.29 is 5.11 Å². The Bertz CT molecular complexity index is 446. The van der Waals surface area contributed by atoms with Gasteiger partial charge in [0.05, 0.1) is 6.10 Å². The first-order chi connectivity index (χ1) is 7.79. The summed E-state index contributed by atoms with van der Waals surface area (Å²) in [5, 5.41) is 10.7. The third kappa shape index (κ3) is 4.81. The van der Waals surface area contributed by atoms with Gasteiger partial charge in [-0.2, -0.15) is 0 Å². The summed E-state index contributed by atoms with van der Waals surface area (Å²) in [4.78, 5) is 0. The highest BCUT2D eigenvalue weighted by Gasteiger charge is 2.10. The van der Waals surface area contributed by atoms with Crippen molar-refractivity contribution in [2.75, 3.05) is 0 Å². The number of halogens is 1. The van der Waals surface area contributed by atoms with Gasteiger partial charge >= 0.3 is 0 Å². The Balaban J connectivity index is 2.76. The van der Waals surface area contributed by atoms with E-state index >= 15 is 0 Å². The Kier molecular flexibility index (Phi) is 4.62. The molecular formula is C15H19ClO. The van der Waals surface area contributed by atoms with Gasteiger partial charge in [0.15, 0.2) is 0 Å². The fourth-order valence-corrected chi connectivity index (χ4v) is 1.76. The van der Waals surface area contributed by atoms with Gasteiger partial charge in [-0.25, -0.2) is 0 Å². The van der Waals surface area contributed by atoms with Crippen LogP contribution in [0.4, 0.5) is 0 Å². The number of hydrogen-bond donors (Lipinski definition) is 1. The highest BCUT2D eigenvalue weighted by Crippen LogP contribution is 2.23. The molecule has 1 aromatic carbocycles. The Morgan fingerprint density at radius 3 is 2.53 bits per heavy atom. The van der Waals surface area contributed by atoms with Gasteiger partial charge in [0.1, 0.15) is 0 Å². The second-order valence-corrected chi connectivity index (χ2v) is 5.71. The van der Waals surface area contributed by atoms with Crippen LogP contribution >= 0.6 is 11.6 Å². The average molecular weight is 251 g/mol. The standard InChI is InChI=1S/C15H19ClO/c1-11-10-12(16)7-8-13(11)14(17)6-5-9-15(2,3)4/h7-8,10,14,17H,6H2,1-4H3. The minimum absolute atomic E-state index is 0.0191. The third-order valence-corrected chi connectivity index (χ3v) is 2.58. The van der Waals surface area contributed by atoms with Crippen LogP contribution in [-0.2, 0) is 0 Å². The number of rotatable bonds is 2. The molecule has 2 heteroatoms. The quantitative estimate of drug-likeness (QED) is 0.783. The number of aliphatic hydroxyl groups excluding tert-OH is 1. The normalized spacial score (nSPS) is 12.8. The van der Waals surface area contributed by atoms with Crippen LogP contribution in [0.2, 0.25) is 5.02 Å². The van der Waals surface area contributed by atoms with Crippen molar-refractivity contribution in [3.63, 3.8) is 0 Å². The second kappa shape index (κ2) is 5.58. The number of hydrogen-bond acceptors (Lipinski definition) is 1. The number of benzene rings is 1. The van der Waals surface area contributed by atoms with Gasteiger partial charge in [0.25, 0.3) is 0 Å². The number of aliphatic hydroxyl groups is 1. The van der Waals surface area contributed by atoms with Crippen LogP contribution in [0.3, 0.4) is 0 Å². The fraction of sp³-hybridized carbons (Fsp3) is 0.467. The van der Waals surface area contributed by atoms with E-state index in [4.69, 9.17) is 11.6 Å². The molecule has 1 unspecified atom stereocenters. The van der Waals surface area contributed by atoms with Crippen LogP contribution in [0, 0.1) is 24.2 Å². The molecule has 0 saturated heterocycles. The van der Waals surface area contributed by atoms with Gasteiger partial charge < -0.3 is 5.11 Å². The van der Waals surface area contributed by atoms with E-state index < -0.39 is 6.10 Å². The van der Waals surface area contributed by atoms with E-state index in [-0.39, 0.29) is 5.41 Å². The lowest BCUT2D eigenvalue weighted by molar-refractivity contribution is 0.183. The summed E-state index contributed by atoms with van der Waals surface area (Å²) in [6.07, 6.45) is -0.0816. The van der Waals surface area contributed by atoms with Crippen molar-refractivity contribution in [1.29, 1.82) is 0 Å². The zero-order chi connectivity index (χ0) is 13.1. The van der Waals surface area contributed by atoms with Crippen molar-refractivity contribution in [3.05, 3.63) is 34.3 Å². The molecule has 0 heterocycles. The molecular weight excluding hydrogens is 232 g/mol. The molecule has 0 radical (unpaired) electrons. The molecule has 0 aliphatic carbocycles. The van der Waals surface area contributed by atoms with Crippen LogP contribution in [0.15, 0.2) is 18.2 Å². The highest BCUT2D eigenvalue weighted by atomic mass is 35.5. The molecule has 92 valence electrons. The summed E-state index contributed by atoms with van der Waals surface area (Å²) in [6, 6.07) is 5.52. The molecule has 0 fully saturated rings. The van der Waals surface area contributed by atoms with E-state index in [1.54, 1.807) is 6.07 Å². The van der Waals surface area contributed by atoms with E-state index in [0.717, 1.165) is 11.1 Å². The summed E-state index contributed by atoms with van der Waals surface area (Å²) >= 11 is 5.88. The SMILES string of the molecule is Cc1cc(Cl)ccc1C(O)CC#CC(C)(C)C. The van der Waals surface area contributed by atoms with Crippen LogP contribution in [0.5, 0.6) is 0 Å². The summed E-state index contributed by atoms with van der Waals surface area (Å²) in [7, 11) is 0. The van der Waals surface area contributed by atoms with Crippen LogP contribution < -0.4 is 0 Å². The topological polar surface area (TPSA) is 20.2 Å². The summed E-state index contributed by atoms with van der Waals surface area (Å²) in [5.41, 5.74) is 1.88. The van der Waals surface area contributed by atoms with Gasteiger partial charge in [0.2, 0.25) is 0 Å². The van der Waals surface area contributed by atoms with Gasteiger partial charge in [-0.05, 0) is 51.0 Å². The van der Waals surface area contributed by atoms with Crippen LogP contribution in [0.1, 0.15) is 44.4 Å². The summed E-state index contributed by atoms with van der Waals surface area (Å²) < 4.78 is 0. The molecule has 1 aromatic rings. The van der Waals surface area contributed by atoms with E-state index in [1.807, 2.05) is 19.1 Å². The second-order valence-electron chi connectivity index (χ2n) is 5.27. The average Bonchev–Trinajstić information content (AvgIpc) is 2.15. The molecule has 0 amide bonds. The van der Waals surface area contributed by atoms with Gasteiger partial charge in [-0.1, -0.05) is 29.5 Å². The molecule has 1 nitrogen and oxygen atoms in total. The first-order valence-corrected chi connectivity index (χ1v) is 6.11. The first-order valence-electron chi connectivity index (χ1n) is 5.74. The fourth-order valence-electron chi connectivity index (χ4n) is 1.54. The molecule has 0 spiro atoms.